The van der Waals surface area contributed by atoms with Gasteiger partial charge in [0.25, 0.3) is 0 Å². The van der Waals surface area contributed by atoms with E-state index in [2.05, 4.69) is 6.92 Å². The Balaban J connectivity index is 2.14. The molecule has 2 rings (SSSR count). The standard InChI is InChI=1S/C17H24N2O3/c1-4-6-9-18(5-2)16(20)11-19-12-17(21)22-15-8-7-13(3)10-14(15)19/h7-8,10H,4-6,9,11-12H2,1-3H3. The van der Waals surface area contributed by atoms with Crippen molar-refractivity contribution in [3.63, 3.8) is 0 Å². The summed E-state index contributed by atoms with van der Waals surface area (Å²) in [4.78, 5) is 27.9. The van der Waals surface area contributed by atoms with Gasteiger partial charge in [0.2, 0.25) is 5.91 Å². The summed E-state index contributed by atoms with van der Waals surface area (Å²) < 4.78 is 5.24. The molecule has 120 valence electrons. The van der Waals surface area contributed by atoms with Crippen molar-refractivity contribution in [2.24, 2.45) is 0 Å². The molecule has 0 radical (unpaired) electrons. The Morgan fingerprint density at radius 3 is 2.82 bits per heavy atom. The van der Waals surface area contributed by atoms with Crippen molar-refractivity contribution >= 4 is 17.6 Å². The maximum absolute atomic E-state index is 12.5. The molecule has 1 amide bonds. The molecule has 0 aliphatic carbocycles. The van der Waals surface area contributed by atoms with Crippen molar-refractivity contribution in [3.8, 4) is 5.75 Å². The molecule has 0 saturated carbocycles. The van der Waals surface area contributed by atoms with Gasteiger partial charge >= 0.3 is 5.97 Å². The summed E-state index contributed by atoms with van der Waals surface area (Å²) in [5.74, 6) is 0.269. The summed E-state index contributed by atoms with van der Waals surface area (Å²) >= 11 is 0. The molecule has 5 heteroatoms. The van der Waals surface area contributed by atoms with Crippen LogP contribution in [0.2, 0.25) is 0 Å². The van der Waals surface area contributed by atoms with Crippen molar-refractivity contribution in [3.05, 3.63) is 23.8 Å². The minimum atomic E-state index is -0.319. The van der Waals surface area contributed by atoms with Crippen LogP contribution in [0.3, 0.4) is 0 Å². The molecule has 0 atom stereocenters. The number of rotatable bonds is 6. The number of carbonyl (C=O) groups excluding carboxylic acids is 2. The van der Waals surface area contributed by atoms with Crippen LogP contribution in [0, 0.1) is 6.92 Å². The molecule has 22 heavy (non-hydrogen) atoms. The molecule has 1 aromatic rings. The number of amides is 1. The second kappa shape index (κ2) is 7.29. The van der Waals surface area contributed by atoms with Gasteiger partial charge < -0.3 is 14.5 Å². The lowest BCUT2D eigenvalue weighted by Crippen LogP contribution is -2.45. The molecule has 1 heterocycles. The summed E-state index contributed by atoms with van der Waals surface area (Å²) in [5, 5.41) is 0. The van der Waals surface area contributed by atoms with Gasteiger partial charge in [0, 0.05) is 13.1 Å². The zero-order valence-electron chi connectivity index (χ0n) is 13.6. The van der Waals surface area contributed by atoms with Crippen LogP contribution in [-0.4, -0.2) is 43.0 Å². The minimum absolute atomic E-state index is 0.0538. The quantitative estimate of drug-likeness (QED) is 0.598. The molecule has 0 unspecified atom stereocenters. The lowest BCUT2D eigenvalue weighted by Gasteiger charge is -2.31. The predicted molar refractivity (Wildman–Crippen MR) is 86.2 cm³/mol. The van der Waals surface area contributed by atoms with E-state index in [1.165, 1.54) is 0 Å². The fourth-order valence-electron chi connectivity index (χ4n) is 2.57. The highest BCUT2D eigenvalue weighted by molar-refractivity contribution is 5.89. The van der Waals surface area contributed by atoms with Crippen molar-refractivity contribution in [2.45, 2.75) is 33.6 Å². The Hall–Kier alpha value is -2.04. The zero-order valence-corrected chi connectivity index (χ0v) is 13.6. The van der Waals surface area contributed by atoms with Gasteiger partial charge in [-0.2, -0.15) is 0 Å². The lowest BCUT2D eigenvalue weighted by atomic mass is 10.1. The van der Waals surface area contributed by atoms with Crippen molar-refractivity contribution in [1.29, 1.82) is 0 Å². The van der Waals surface area contributed by atoms with Crippen LogP contribution in [0.15, 0.2) is 18.2 Å². The largest absolute Gasteiger partial charge is 0.423 e. The topological polar surface area (TPSA) is 49.9 Å². The highest BCUT2D eigenvalue weighted by Gasteiger charge is 2.26. The van der Waals surface area contributed by atoms with E-state index in [1.54, 1.807) is 6.07 Å². The van der Waals surface area contributed by atoms with Crippen molar-refractivity contribution in [1.82, 2.24) is 4.90 Å². The average Bonchev–Trinajstić information content (AvgIpc) is 2.48. The molecule has 1 aliphatic rings. The maximum atomic E-state index is 12.5. The number of hydrogen-bond acceptors (Lipinski definition) is 4. The summed E-state index contributed by atoms with van der Waals surface area (Å²) in [6, 6.07) is 5.64. The Morgan fingerprint density at radius 1 is 1.36 bits per heavy atom. The van der Waals surface area contributed by atoms with Crippen molar-refractivity contribution in [2.75, 3.05) is 31.1 Å². The Kier molecular flexibility index (Phi) is 5.41. The van der Waals surface area contributed by atoms with Gasteiger partial charge in [-0.3, -0.25) is 4.79 Å². The molecule has 0 aromatic heterocycles. The predicted octanol–water partition coefficient (Wildman–Crippen LogP) is 2.37. The molecule has 1 aromatic carbocycles. The van der Waals surface area contributed by atoms with Crippen LogP contribution in [-0.2, 0) is 9.59 Å². The highest BCUT2D eigenvalue weighted by atomic mass is 16.5. The summed E-state index contributed by atoms with van der Waals surface area (Å²) in [6.45, 7) is 7.86. The number of benzene rings is 1. The molecular weight excluding hydrogens is 280 g/mol. The van der Waals surface area contributed by atoms with Crippen LogP contribution >= 0.6 is 0 Å². The average molecular weight is 304 g/mol. The molecule has 0 fully saturated rings. The van der Waals surface area contributed by atoms with E-state index in [-0.39, 0.29) is 25.0 Å². The number of hydrogen-bond donors (Lipinski definition) is 0. The van der Waals surface area contributed by atoms with Crippen LogP contribution in [0.1, 0.15) is 32.3 Å². The molecular formula is C17H24N2O3. The molecule has 5 nitrogen and oxygen atoms in total. The first-order chi connectivity index (χ1) is 10.5. The smallest absolute Gasteiger partial charge is 0.331 e. The Labute approximate surface area is 131 Å². The number of likely N-dealkylation sites (N-methyl/N-ethyl adjacent to an activating group) is 1. The minimum Gasteiger partial charge on any atom is -0.423 e. The monoisotopic (exact) mass is 304 g/mol. The second-order valence-electron chi connectivity index (χ2n) is 5.63. The van der Waals surface area contributed by atoms with E-state index in [0.717, 1.165) is 30.6 Å². The second-order valence-corrected chi connectivity index (χ2v) is 5.63. The first kappa shape index (κ1) is 16.3. The van der Waals surface area contributed by atoms with Gasteiger partial charge in [-0.15, -0.1) is 0 Å². The van der Waals surface area contributed by atoms with E-state index in [4.69, 9.17) is 4.74 Å². The third-order valence-corrected chi connectivity index (χ3v) is 3.84. The number of nitrogens with zero attached hydrogens (tertiary/aromatic N) is 2. The number of unbranched alkanes of at least 4 members (excludes halogenated alkanes) is 1. The van der Waals surface area contributed by atoms with Crippen LogP contribution < -0.4 is 9.64 Å². The lowest BCUT2D eigenvalue weighted by molar-refractivity contribution is -0.133. The van der Waals surface area contributed by atoms with Gasteiger partial charge in [-0.25, -0.2) is 4.79 Å². The first-order valence-corrected chi connectivity index (χ1v) is 7.89. The molecule has 1 aliphatic heterocycles. The van der Waals surface area contributed by atoms with Gasteiger partial charge in [0.05, 0.1) is 12.2 Å². The Morgan fingerprint density at radius 2 is 2.14 bits per heavy atom. The van der Waals surface area contributed by atoms with E-state index in [1.807, 2.05) is 35.8 Å². The fourth-order valence-corrected chi connectivity index (χ4v) is 2.57. The number of carbonyl (C=O) groups is 2. The number of aryl methyl sites for hydroxylation is 1. The van der Waals surface area contributed by atoms with Crippen LogP contribution in [0.4, 0.5) is 5.69 Å². The number of anilines is 1. The van der Waals surface area contributed by atoms with E-state index in [9.17, 15) is 9.59 Å². The van der Waals surface area contributed by atoms with Crippen molar-refractivity contribution < 1.29 is 14.3 Å². The summed E-state index contributed by atoms with van der Waals surface area (Å²) in [7, 11) is 0. The van der Waals surface area contributed by atoms with Gasteiger partial charge in [-0.05, 0) is 38.0 Å². The third kappa shape index (κ3) is 3.78. The van der Waals surface area contributed by atoms with Crippen LogP contribution in [0.5, 0.6) is 5.75 Å². The van der Waals surface area contributed by atoms with Gasteiger partial charge in [0.15, 0.2) is 5.75 Å². The van der Waals surface area contributed by atoms with E-state index in [0.29, 0.717) is 12.3 Å². The molecule has 0 bridgehead atoms. The molecule has 0 saturated heterocycles. The SMILES string of the molecule is CCCCN(CC)C(=O)CN1CC(=O)Oc2ccc(C)cc21. The number of fused-ring (bicyclic) bond motifs is 1. The van der Waals surface area contributed by atoms with E-state index < -0.39 is 0 Å². The summed E-state index contributed by atoms with van der Waals surface area (Å²) in [6.07, 6.45) is 2.05. The number of esters is 1. The molecule has 0 N–H and O–H groups in total. The highest BCUT2D eigenvalue weighted by Crippen LogP contribution is 2.32. The van der Waals surface area contributed by atoms with Gasteiger partial charge in [-0.1, -0.05) is 19.4 Å². The maximum Gasteiger partial charge on any atom is 0.331 e. The van der Waals surface area contributed by atoms with E-state index >= 15 is 0 Å². The summed E-state index contributed by atoms with van der Waals surface area (Å²) in [5.41, 5.74) is 1.90. The first-order valence-electron chi connectivity index (χ1n) is 7.89. The Bertz CT molecular complexity index is 557. The fraction of sp³-hybridized carbons (Fsp3) is 0.529. The normalized spacial score (nSPS) is 13.6. The number of ether oxygens (including phenoxy) is 1. The third-order valence-electron chi connectivity index (χ3n) is 3.84. The molecule has 0 spiro atoms. The zero-order chi connectivity index (χ0) is 16.1. The van der Waals surface area contributed by atoms with Crippen LogP contribution in [0.25, 0.3) is 0 Å². The van der Waals surface area contributed by atoms with Gasteiger partial charge in [0.1, 0.15) is 6.54 Å².